The quantitative estimate of drug-likeness (QED) is 0.366. The molecule has 0 unspecified atom stereocenters. The molecule has 2 aromatic carbocycles. The summed E-state index contributed by atoms with van der Waals surface area (Å²) in [6.07, 6.45) is 1.37. The number of hydrogen-bond donors (Lipinski definition) is 1. The number of nitrogens with one attached hydrogen (secondary N) is 1. The highest BCUT2D eigenvalue weighted by molar-refractivity contribution is 6.42. The Morgan fingerprint density at radius 2 is 1.82 bits per heavy atom. The molecule has 0 saturated carbocycles. The zero-order valence-corrected chi connectivity index (χ0v) is 16.9. The number of hydrogen-bond acceptors (Lipinski definition) is 3. The number of nitriles is 1. The second-order valence-electron chi connectivity index (χ2n) is 5.92. The Balaban J connectivity index is 1.81. The van der Waals surface area contributed by atoms with Crippen molar-refractivity contribution in [3.05, 3.63) is 80.5 Å². The van der Waals surface area contributed by atoms with E-state index in [2.05, 4.69) is 5.32 Å². The molecule has 3 aromatic rings. The van der Waals surface area contributed by atoms with Crippen LogP contribution in [0.15, 0.2) is 58.5 Å². The van der Waals surface area contributed by atoms with Crippen molar-refractivity contribution in [1.82, 2.24) is 0 Å². The lowest BCUT2D eigenvalue weighted by molar-refractivity contribution is -0.112. The number of amides is 1. The van der Waals surface area contributed by atoms with E-state index in [-0.39, 0.29) is 5.57 Å². The average Bonchev–Trinajstić information content (AvgIpc) is 3.13. The molecule has 0 bridgehead atoms. The number of rotatable bonds is 4. The standard InChI is InChI=1S/C21H13Cl3N2O2/c1-12-2-4-15(10-18(12)23)26-21(27)14(11-25)8-16-5-7-20(28-16)13-3-6-17(22)19(24)9-13/h2-10H,1H3,(H,26,27). The van der Waals surface area contributed by atoms with Gasteiger partial charge in [-0.05, 0) is 55.0 Å². The normalized spacial score (nSPS) is 11.2. The summed E-state index contributed by atoms with van der Waals surface area (Å²) < 4.78 is 5.70. The Kier molecular flexibility index (Phi) is 6.11. The Morgan fingerprint density at radius 3 is 2.50 bits per heavy atom. The summed E-state index contributed by atoms with van der Waals surface area (Å²) in [4.78, 5) is 12.4. The van der Waals surface area contributed by atoms with Crippen LogP contribution in [0.3, 0.4) is 0 Å². The van der Waals surface area contributed by atoms with Gasteiger partial charge >= 0.3 is 0 Å². The van der Waals surface area contributed by atoms with Crippen LogP contribution in [0, 0.1) is 18.3 Å². The first-order chi connectivity index (χ1) is 13.4. The van der Waals surface area contributed by atoms with Gasteiger partial charge in [0.2, 0.25) is 0 Å². The van der Waals surface area contributed by atoms with Gasteiger partial charge in [0.25, 0.3) is 5.91 Å². The van der Waals surface area contributed by atoms with Crippen molar-refractivity contribution in [1.29, 1.82) is 5.26 Å². The molecule has 1 heterocycles. The van der Waals surface area contributed by atoms with Crippen molar-refractivity contribution in [2.24, 2.45) is 0 Å². The van der Waals surface area contributed by atoms with E-state index >= 15 is 0 Å². The highest BCUT2D eigenvalue weighted by Gasteiger charge is 2.12. The van der Waals surface area contributed by atoms with Crippen LogP contribution in [0.25, 0.3) is 17.4 Å². The lowest BCUT2D eigenvalue weighted by Crippen LogP contribution is -2.13. The molecule has 0 aliphatic carbocycles. The lowest BCUT2D eigenvalue weighted by Gasteiger charge is -2.06. The number of anilines is 1. The Bertz CT molecular complexity index is 1130. The van der Waals surface area contributed by atoms with E-state index in [1.165, 1.54) is 6.08 Å². The number of carbonyl (C=O) groups is 1. The van der Waals surface area contributed by atoms with Gasteiger partial charge in [-0.2, -0.15) is 5.26 Å². The smallest absolute Gasteiger partial charge is 0.266 e. The number of benzene rings is 2. The zero-order valence-electron chi connectivity index (χ0n) is 14.6. The Hall–Kier alpha value is -2.71. The molecule has 1 N–H and O–H groups in total. The summed E-state index contributed by atoms with van der Waals surface area (Å²) in [6.45, 7) is 1.86. The predicted octanol–water partition coefficient (Wildman–Crippen LogP) is 6.76. The summed E-state index contributed by atoms with van der Waals surface area (Å²) in [5.74, 6) is 0.331. The molecule has 0 spiro atoms. The molecule has 3 rings (SSSR count). The lowest BCUT2D eigenvalue weighted by atomic mass is 10.2. The Morgan fingerprint density at radius 1 is 1.04 bits per heavy atom. The highest BCUT2D eigenvalue weighted by atomic mass is 35.5. The first kappa shape index (κ1) is 20.0. The summed E-state index contributed by atoms with van der Waals surface area (Å²) in [6, 6.07) is 15.5. The van der Waals surface area contributed by atoms with Gasteiger partial charge < -0.3 is 9.73 Å². The van der Waals surface area contributed by atoms with Gasteiger partial charge in [-0.25, -0.2) is 0 Å². The minimum absolute atomic E-state index is 0.105. The molecule has 140 valence electrons. The first-order valence-corrected chi connectivity index (χ1v) is 9.25. The number of carbonyl (C=O) groups excluding carboxylic acids is 1. The van der Waals surface area contributed by atoms with Gasteiger partial charge in [0.05, 0.1) is 10.0 Å². The second-order valence-corrected chi connectivity index (χ2v) is 7.14. The van der Waals surface area contributed by atoms with Crippen LogP contribution in [-0.4, -0.2) is 5.91 Å². The number of aryl methyl sites for hydroxylation is 1. The predicted molar refractivity (Wildman–Crippen MR) is 113 cm³/mol. The fourth-order valence-corrected chi connectivity index (χ4v) is 2.87. The largest absolute Gasteiger partial charge is 0.457 e. The molecule has 0 atom stereocenters. The molecule has 4 nitrogen and oxygen atoms in total. The maximum absolute atomic E-state index is 12.4. The van der Waals surface area contributed by atoms with Crippen LogP contribution in [0.4, 0.5) is 5.69 Å². The maximum atomic E-state index is 12.4. The van der Waals surface area contributed by atoms with Crippen LogP contribution >= 0.6 is 34.8 Å². The monoisotopic (exact) mass is 430 g/mol. The summed E-state index contributed by atoms with van der Waals surface area (Å²) in [5.41, 5.74) is 2.01. The maximum Gasteiger partial charge on any atom is 0.266 e. The van der Waals surface area contributed by atoms with Gasteiger partial charge in [0, 0.05) is 22.3 Å². The topological polar surface area (TPSA) is 66.0 Å². The fourth-order valence-electron chi connectivity index (χ4n) is 2.39. The number of nitrogens with zero attached hydrogens (tertiary/aromatic N) is 1. The van der Waals surface area contributed by atoms with Crippen LogP contribution in [-0.2, 0) is 4.79 Å². The highest BCUT2D eigenvalue weighted by Crippen LogP contribution is 2.30. The van der Waals surface area contributed by atoms with E-state index in [1.54, 1.807) is 48.5 Å². The average molecular weight is 432 g/mol. The van der Waals surface area contributed by atoms with Crippen LogP contribution in [0.1, 0.15) is 11.3 Å². The molecule has 0 radical (unpaired) electrons. The van der Waals surface area contributed by atoms with Crippen LogP contribution < -0.4 is 5.32 Å². The molecular weight excluding hydrogens is 419 g/mol. The van der Waals surface area contributed by atoms with Gasteiger partial charge in [-0.1, -0.05) is 40.9 Å². The molecule has 0 fully saturated rings. The van der Waals surface area contributed by atoms with Crippen molar-refractivity contribution in [2.45, 2.75) is 6.92 Å². The molecule has 7 heteroatoms. The first-order valence-electron chi connectivity index (χ1n) is 8.12. The van der Waals surface area contributed by atoms with E-state index in [0.717, 1.165) is 11.1 Å². The van der Waals surface area contributed by atoms with Crippen LogP contribution in [0.2, 0.25) is 15.1 Å². The van der Waals surface area contributed by atoms with Crippen molar-refractivity contribution in [3.63, 3.8) is 0 Å². The minimum atomic E-state index is -0.560. The molecule has 28 heavy (non-hydrogen) atoms. The number of furan rings is 1. The SMILES string of the molecule is Cc1ccc(NC(=O)C(C#N)=Cc2ccc(-c3ccc(Cl)c(Cl)c3)o2)cc1Cl. The van der Waals surface area contributed by atoms with Crippen molar-refractivity contribution < 1.29 is 9.21 Å². The third kappa shape index (κ3) is 4.58. The second kappa shape index (κ2) is 8.53. The van der Waals surface area contributed by atoms with Gasteiger partial charge in [-0.15, -0.1) is 0 Å². The van der Waals surface area contributed by atoms with E-state index in [9.17, 15) is 10.1 Å². The third-order valence-electron chi connectivity index (χ3n) is 3.91. The molecule has 0 aliphatic rings. The van der Waals surface area contributed by atoms with Crippen molar-refractivity contribution >= 4 is 52.5 Å². The van der Waals surface area contributed by atoms with Crippen LogP contribution in [0.5, 0.6) is 0 Å². The van der Waals surface area contributed by atoms with Gasteiger partial charge in [-0.3, -0.25) is 4.79 Å². The van der Waals surface area contributed by atoms with E-state index in [1.807, 2.05) is 13.0 Å². The molecule has 0 saturated heterocycles. The summed E-state index contributed by atoms with van der Waals surface area (Å²) in [7, 11) is 0. The van der Waals surface area contributed by atoms with Crippen molar-refractivity contribution in [3.8, 4) is 17.4 Å². The molecule has 1 amide bonds. The Labute approximate surface area is 176 Å². The van der Waals surface area contributed by atoms with E-state index < -0.39 is 5.91 Å². The van der Waals surface area contributed by atoms with E-state index in [4.69, 9.17) is 39.2 Å². The fraction of sp³-hybridized carbons (Fsp3) is 0.0476. The summed E-state index contributed by atoms with van der Waals surface area (Å²) >= 11 is 18.0. The summed E-state index contributed by atoms with van der Waals surface area (Å²) in [5, 5.41) is 13.4. The third-order valence-corrected chi connectivity index (χ3v) is 5.06. The molecule has 1 aromatic heterocycles. The zero-order chi connectivity index (χ0) is 20.3. The van der Waals surface area contributed by atoms with Crippen molar-refractivity contribution in [2.75, 3.05) is 5.32 Å². The van der Waals surface area contributed by atoms with Gasteiger partial charge in [0.15, 0.2) is 0 Å². The minimum Gasteiger partial charge on any atom is -0.457 e. The number of halogens is 3. The molecular formula is C21H13Cl3N2O2. The van der Waals surface area contributed by atoms with Gasteiger partial charge in [0.1, 0.15) is 23.2 Å². The molecule has 0 aliphatic heterocycles. The van der Waals surface area contributed by atoms with E-state index in [0.29, 0.717) is 32.3 Å².